The number of rotatable bonds is 8. The van der Waals surface area contributed by atoms with Crippen LogP contribution in [0.2, 0.25) is 0 Å². The predicted molar refractivity (Wildman–Crippen MR) is 119 cm³/mol. The maximum atomic E-state index is 13.4. The summed E-state index contributed by atoms with van der Waals surface area (Å²) in [5.74, 6) is 1.00. The van der Waals surface area contributed by atoms with Crippen LogP contribution >= 0.6 is 15.9 Å². The highest BCUT2D eigenvalue weighted by Gasteiger charge is 2.13. The number of aryl methyl sites for hydroxylation is 2. The van der Waals surface area contributed by atoms with Gasteiger partial charge < -0.3 is 14.8 Å². The van der Waals surface area contributed by atoms with E-state index in [1.54, 1.807) is 6.07 Å². The van der Waals surface area contributed by atoms with Crippen molar-refractivity contribution in [1.82, 2.24) is 0 Å². The van der Waals surface area contributed by atoms with Crippen molar-refractivity contribution in [2.45, 2.75) is 33.9 Å². The summed E-state index contributed by atoms with van der Waals surface area (Å²) in [4.78, 5) is 0. The molecule has 0 radical (unpaired) electrons. The third kappa shape index (κ3) is 5.73. The SMILES string of the molecule is CCOc1cc(CNc2ccc(C)c(C)c2)cc(Br)c1OCc1cccc(F)c1. The Morgan fingerprint density at radius 1 is 0.931 bits per heavy atom. The van der Waals surface area contributed by atoms with E-state index in [9.17, 15) is 4.39 Å². The zero-order valence-corrected chi connectivity index (χ0v) is 18.5. The summed E-state index contributed by atoms with van der Waals surface area (Å²) in [5.41, 5.74) is 5.44. The highest BCUT2D eigenvalue weighted by atomic mass is 79.9. The molecule has 0 saturated carbocycles. The molecule has 5 heteroatoms. The topological polar surface area (TPSA) is 30.5 Å². The summed E-state index contributed by atoms with van der Waals surface area (Å²) < 4.78 is 26.0. The number of nitrogens with one attached hydrogen (secondary N) is 1. The lowest BCUT2D eigenvalue weighted by atomic mass is 10.1. The third-order valence-electron chi connectivity index (χ3n) is 4.64. The van der Waals surface area contributed by atoms with Gasteiger partial charge in [0.15, 0.2) is 11.5 Å². The van der Waals surface area contributed by atoms with Crippen molar-refractivity contribution >= 4 is 21.6 Å². The minimum Gasteiger partial charge on any atom is -0.490 e. The predicted octanol–water partition coefficient (Wildman–Crippen LogP) is 6.79. The summed E-state index contributed by atoms with van der Waals surface area (Å²) in [6.45, 7) is 7.59. The van der Waals surface area contributed by atoms with Crippen LogP contribution in [-0.4, -0.2) is 6.61 Å². The maximum Gasteiger partial charge on any atom is 0.175 e. The first kappa shape index (κ1) is 21.2. The van der Waals surface area contributed by atoms with Crippen LogP contribution in [0.15, 0.2) is 59.1 Å². The molecule has 0 fully saturated rings. The van der Waals surface area contributed by atoms with Crippen molar-refractivity contribution in [3.63, 3.8) is 0 Å². The molecule has 3 aromatic carbocycles. The van der Waals surface area contributed by atoms with E-state index in [0.717, 1.165) is 21.3 Å². The van der Waals surface area contributed by atoms with Gasteiger partial charge in [-0.1, -0.05) is 18.2 Å². The van der Waals surface area contributed by atoms with Crippen LogP contribution in [-0.2, 0) is 13.2 Å². The van der Waals surface area contributed by atoms with E-state index >= 15 is 0 Å². The molecule has 0 atom stereocenters. The molecule has 1 N–H and O–H groups in total. The van der Waals surface area contributed by atoms with Gasteiger partial charge in [-0.25, -0.2) is 4.39 Å². The molecular formula is C24H25BrFNO2. The molecule has 0 spiro atoms. The van der Waals surface area contributed by atoms with Gasteiger partial charge in [0.25, 0.3) is 0 Å². The number of benzene rings is 3. The lowest BCUT2D eigenvalue weighted by Crippen LogP contribution is -2.04. The molecule has 152 valence electrons. The average molecular weight is 458 g/mol. The molecular weight excluding hydrogens is 433 g/mol. The molecule has 0 unspecified atom stereocenters. The van der Waals surface area contributed by atoms with Crippen molar-refractivity contribution < 1.29 is 13.9 Å². The van der Waals surface area contributed by atoms with E-state index in [4.69, 9.17) is 9.47 Å². The van der Waals surface area contributed by atoms with Gasteiger partial charge in [0.1, 0.15) is 12.4 Å². The maximum absolute atomic E-state index is 13.4. The summed E-state index contributed by atoms with van der Waals surface area (Å²) in [5, 5.41) is 3.45. The van der Waals surface area contributed by atoms with Gasteiger partial charge in [-0.15, -0.1) is 0 Å². The number of ether oxygens (including phenoxy) is 2. The van der Waals surface area contributed by atoms with Crippen molar-refractivity contribution in [3.8, 4) is 11.5 Å². The van der Waals surface area contributed by atoms with Gasteiger partial charge in [0.2, 0.25) is 0 Å². The largest absolute Gasteiger partial charge is 0.490 e. The third-order valence-corrected chi connectivity index (χ3v) is 5.23. The van der Waals surface area contributed by atoms with Crippen molar-refractivity contribution in [1.29, 1.82) is 0 Å². The first-order valence-electron chi connectivity index (χ1n) is 9.60. The Bertz CT molecular complexity index is 991. The fourth-order valence-corrected chi connectivity index (χ4v) is 3.57. The quantitative estimate of drug-likeness (QED) is 0.403. The second-order valence-electron chi connectivity index (χ2n) is 6.91. The van der Waals surface area contributed by atoms with Crippen LogP contribution in [0, 0.1) is 19.7 Å². The van der Waals surface area contributed by atoms with Gasteiger partial charge in [-0.05, 0) is 95.4 Å². The summed E-state index contributed by atoms with van der Waals surface area (Å²) in [6, 6.07) is 16.7. The Labute approximate surface area is 180 Å². The fraction of sp³-hybridized carbons (Fsp3) is 0.250. The monoisotopic (exact) mass is 457 g/mol. The van der Waals surface area contributed by atoms with E-state index in [-0.39, 0.29) is 12.4 Å². The number of hydrogen-bond donors (Lipinski definition) is 1. The molecule has 0 bridgehead atoms. The van der Waals surface area contributed by atoms with E-state index < -0.39 is 0 Å². The standard InChI is InChI=1S/C24H25BrFNO2/c1-4-28-23-13-19(14-27-21-9-8-16(2)17(3)10-21)12-22(25)24(23)29-15-18-6-5-7-20(26)11-18/h5-13,27H,4,14-15H2,1-3H3. The van der Waals surface area contributed by atoms with E-state index in [1.165, 1.54) is 23.3 Å². The Hall–Kier alpha value is -2.53. The van der Waals surface area contributed by atoms with Gasteiger partial charge in [0, 0.05) is 12.2 Å². The normalized spacial score (nSPS) is 10.7. The van der Waals surface area contributed by atoms with Crippen LogP contribution in [0.5, 0.6) is 11.5 Å². The Kier molecular flexibility index (Phi) is 7.15. The summed E-state index contributed by atoms with van der Waals surface area (Å²) in [7, 11) is 0. The van der Waals surface area contributed by atoms with E-state index in [1.807, 2.05) is 25.1 Å². The molecule has 3 aromatic rings. The molecule has 0 saturated heterocycles. The zero-order chi connectivity index (χ0) is 20.8. The molecule has 0 aromatic heterocycles. The van der Waals surface area contributed by atoms with Crippen molar-refractivity contribution in [3.05, 3.63) is 87.1 Å². The smallest absolute Gasteiger partial charge is 0.175 e. The number of halogens is 2. The van der Waals surface area contributed by atoms with Crippen molar-refractivity contribution in [2.24, 2.45) is 0 Å². The molecule has 3 rings (SSSR count). The van der Waals surface area contributed by atoms with Crippen LogP contribution in [0.25, 0.3) is 0 Å². The molecule has 0 aliphatic carbocycles. The van der Waals surface area contributed by atoms with E-state index in [2.05, 4.69) is 53.3 Å². The summed E-state index contributed by atoms with van der Waals surface area (Å²) in [6.07, 6.45) is 0. The average Bonchev–Trinajstić information content (AvgIpc) is 2.68. The molecule has 0 aliphatic rings. The summed E-state index contributed by atoms with van der Waals surface area (Å²) >= 11 is 3.60. The molecule has 0 aliphatic heterocycles. The lowest BCUT2D eigenvalue weighted by Gasteiger charge is -2.16. The van der Waals surface area contributed by atoms with E-state index in [0.29, 0.717) is 24.7 Å². The van der Waals surface area contributed by atoms with Gasteiger partial charge in [0.05, 0.1) is 11.1 Å². The van der Waals surface area contributed by atoms with Crippen LogP contribution in [0.3, 0.4) is 0 Å². The Morgan fingerprint density at radius 3 is 2.48 bits per heavy atom. The number of hydrogen-bond acceptors (Lipinski definition) is 3. The lowest BCUT2D eigenvalue weighted by molar-refractivity contribution is 0.267. The highest BCUT2D eigenvalue weighted by molar-refractivity contribution is 9.10. The highest BCUT2D eigenvalue weighted by Crippen LogP contribution is 2.37. The fourth-order valence-electron chi connectivity index (χ4n) is 2.96. The molecule has 0 amide bonds. The van der Waals surface area contributed by atoms with Crippen LogP contribution < -0.4 is 14.8 Å². The Balaban J connectivity index is 1.75. The minimum atomic E-state index is -0.275. The number of anilines is 1. The zero-order valence-electron chi connectivity index (χ0n) is 16.9. The first-order valence-corrected chi connectivity index (χ1v) is 10.4. The second-order valence-corrected chi connectivity index (χ2v) is 7.76. The molecule has 29 heavy (non-hydrogen) atoms. The van der Waals surface area contributed by atoms with Gasteiger partial charge in [-0.2, -0.15) is 0 Å². The molecule has 3 nitrogen and oxygen atoms in total. The Morgan fingerprint density at radius 2 is 1.76 bits per heavy atom. The second kappa shape index (κ2) is 9.79. The first-order chi connectivity index (χ1) is 14.0. The molecule has 0 heterocycles. The van der Waals surface area contributed by atoms with Gasteiger partial charge >= 0.3 is 0 Å². The van der Waals surface area contributed by atoms with Crippen molar-refractivity contribution in [2.75, 3.05) is 11.9 Å². The minimum absolute atomic E-state index is 0.261. The van der Waals surface area contributed by atoms with Gasteiger partial charge in [-0.3, -0.25) is 0 Å². The van der Waals surface area contributed by atoms with Crippen LogP contribution in [0.1, 0.15) is 29.2 Å². The van der Waals surface area contributed by atoms with Crippen LogP contribution in [0.4, 0.5) is 10.1 Å².